The fraction of sp³-hybridized carbons (Fsp3) is 0.458. The smallest absolute Gasteiger partial charge is 0.261 e. The minimum atomic E-state index is -0.470. The molecule has 152 valence electrons. The van der Waals surface area contributed by atoms with Crippen molar-refractivity contribution in [2.75, 3.05) is 13.2 Å². The van der Waals surface area contributed by atoms with E-state index in [9.17, 15) is 4.79 Å². The highest BCUT2D eigenvalue weighted by Crippen LogP contribution is 2.20. The van der Waals surface area contributed by atoms with Crippen molar-refractivity contribution in [3.63, 3.8) is 0 Å². The van der Waals surface area contributed by atoms with E-state index in [0.717, 1.165) is 42.9 Å². The van der Waals surface area contributed by atoms with E-state index in [1.165, 1.54) is 11.1 Å². The summed E-state index contributed by atoms with van der Waals surface area (Å²) in [5.74, 6) is 1.63. The Morgan fingerprint density at radius 1 is 1.07 bits per heavy atom. The maximum atomic E-state index is 12.5. The van der Waals surface area contributed by atoms with Crippen LogP contribution < -0.4 is 14.8 Å². The van der Waals surface area contributed by atoms with Gasteiger partial charge in [0.25, 0.3) is 5.91 Å². The molecule has 4 heteroatoms. The van der Waals surface area contributed by atoms with Crippen molar-refractivity contribution in [2.24, 2.45) is 0 Å². The summed E-state index contributed by atoms with van der Waals surface area (Å²) in [6.45, 7) is 9.52. The molecule has 0 fully saturated rings. The molecule has 0 saturated heterocycles. The van der Waals surface area contributed by atoms with Crippen molar-refractivity contribution in [1.29, 1.82) is 0 Å². The lowest BCUT2D eigenvalue weighted by molar-refractivity contribution is -0.128. The fourth-order valence-corrected chi connectivity index (χ4v) is 2.94. The number of ether oxygens (including phenoxy) is 2. The number of carbonyl (C=O) groups excluding carboxylic acids is 1. The van der Waals surface area contributed by atoms with Crippen molar-refractivity contribution in [3.05, 3.63) is 59.2 Å². The van der Waals surface area contributed by atoms with E-state index in [4.69, 9.17) is 9.47 Å². The van der Waals surface area contributed by atoms with Crippen LogP contribution >= 0.6 is 0 Å². The summed E-state index contributed by atoms with van der Waals surface area (Å²) in [7, 11) is 0. The first kappa shape index (κ1) is 21.8. The maximum absolute atomic E-state index is 12.5. The maximum Gasteiger partial charge on any atom is 0.261 e. The Kier molecular flexibility index (Phi) is 8.86. The lowest BCUT2D eigenvalue weighted by Gasteiger charge is -2.18. The van der Waals surface area contributed by atoms with Gasteiger partial charge in [-0.25, -0.2) is 0 Å². The molecule has 0 aliphatic heterocycles. The van der Waals surface area contributed by atoms with Crippen molar-refractivity contribution in [1.82, 2.24) is 5.32 Å². The molecule has 2 aromatic carbocycles. The minimum Gasteiger partial charge on any atom is -0.493 e. The molecule has 0 saturated carbocycles. The lowest BCUT2D eigenvalue weighted by Crippen LogP contribution is -2.38. The fourth-order valence-electron chi connectivity index (χ4n) is 2.94. The van der Waals surface area contributed by atoms with Crippen LogP contribution in [0.4, 0.5) is 0 Å². The Labute approximate surface area is 169 Å². The number of aryl methyl sites for hydroxylation is 3. The molecule has 28 heavy (non-hydrogen) atoms. The Morgan fingerprint density at radius 3 is 2.57 bits per heavy atom. The molecule has 0 aliphatic carbocycles. The minimum absolute atomic E-state index is 0.0590. The average Bonchev–Trinajstić information content (AvgIpc) is 2.71. The first-order valence-electron chi connectivity index (χ1n) is 10.3. The van der Waals surface area contributed by atoms with Crippen LogP contribution in [0.25, 0.3) is 0 Å². The number of hydrogen-bond acceptors (Lipinski definition) is 3. The van der Waals surface area contributed by atoms with Gasteiger partial charge in [0.15, 0.2) is 6.10 Å². The van der Waals surface area contributed by atoms with Gasteiger partial charge in [-0.2, -0.15) is 0 Å². The summed E-state index contributed by atoms with van der Waals surface area (Å²) in [5, 5.41) is 3.01. The number of nitrogens with one attached hydrogen (secondary N) is 1. The summed E-state index contributed by atoms with van der Waals surface area (Å²) in [5.41, 5.74) is 3.56. The number of amides is 1. The van der Waals surface area contributed by atoms with Gasteiger partial charge in [0, 0.05) is 6.54 Å². The number of para-hydroxylation sites is 1. The largest absolute Gasteiger partial charge is 0.493 e. The molecule has 1 amide bonds. The third-order valence-electron chi connectivity index (χ3n) is 4.78. The molecule has 0 aliphatic rings. The van der Waals surface area contributed by atoms with Gasteiger partial charge >= 0.3 is 0 Å². The highest BCUT2D eigenvalue weighted by Gasteiger charge is 2.18. The van der Waals surface area contributed by atoms with E-state index in [1.807, 2.05) is 50.2 Å². The Balaban J connectivity index is 1.81. The Hall–Kier alpha value is -2.49. The topological polar surface area (TPSA) is 47.6 Å². The first-order chi connectivity index (χ1) is 13.5. The van der Waals surface area contributed by atoms with Crippen LogP contribution in [0.3, 0.4) is 0 Å². The van der Waals surface area contributed by atoms with Gasteiger partial charge in [-0.1, -0.05) is 38.1 Å². The van der Waals surface area contributed by atoms with E-state index in [2.05, 4.69) is 25.2 Å². The highest BCUT2D eigenvalue weighted by atomic mass is 16.5. The van der Waals surface area contributed by atoms with Gasteiger partial charge < -0.3 is 14.8 Å². The normalized spacial score (nSPS) is 11.7. The molecule has 2 aromatic rings. The molecule has 0 unspecified atom stereocenters. The van der Waals surface area contributed by atoms with Gasteiger partial charge in [0.1, 0.15) is 11.5 Å². The second kappa shape index (κ2) is 11.4. The SMILES string of the molecule is CCCOc1ccccc1CCCNC(=O)[C@@H](CC)Oc1ccc(C)c(C)c1. The van der Waals surface area contributed by atoms with E-state index < -0.39 is 6.10 Å². The van der Waals surface area contributed by atoms with Crippen LogP contribution in [0, 0.1) is 13.8 Å². The molecular formula is C24H33NO3. The highest BCUT2D eigenvalue weighted by molar-refractivity contribution is 5.81. The van der Waals surface area contributed by atoms with Crippen molar-refractivity contribution >= 4 is 5.91 Å². The van der Waals surface area contributed by atoms with Gasteiger partial charge in [-0.05, 0) is 74.4 Å². The second-order valence-electron chi connectivity index (χ2n) is 7.11. The number of carbonyl (C=O) groups is 1. The zero-order valence-corrected chi connectivity index (χ0v) is 17.6. The van der Waals surface area contributed by atoms with E-state index in [-0.39, 0.29) is 5.91 Å². The zero-order chi connectivity index (χ0) is 20.4. The average molecular weight is 384 g/mol. The molecule has 0 bridgehead atoms. The summed E-state index contributed by atoms with van der Waals surface area (Å²) in [6.07, 6.45) is 2.88. The van der Waals surface area contributed by atoms with Gasteiger partial charge in [0.2, 0.25) is 0 Å². The van der Waals surface area contributed by atoms with Crippen LogP contribution in [0.5, 0.6) is 11.5 Å². The third kappa shape index (κ3) is 6.59. The summed E-state index contributed by atoms with van der Waals surface area (Å²) < 4.78 is 11.7. The molecule has 0 spiro atoms. The van der Waals surface area contributed by atoms with Crippen LogP contribution in [-0.2, 0) is 11.2 Å². The molecule has 1 N–H and O–H groups in total. The predicted molar refractivity (Wildman–Crippen MR) is 114 cm³/mol. The molecule has 4 nitrogen and oxygen atoms in total. The van der Waals surface area contributed by atoms with Crippen molar-refractivity contribution in [3.8, 4) is 11.5 Å². The molecule has 0 aromatic heterocycles. The Bertz CT molecular complexity index is 757. The monoisotopic (exact) mass is 383 g/mol. The Morgan fingerprint density at radius 2 is 1.86 bits per heavy atom. The van der Waals surface area contributed by atoms with E-state index >= 15 is 0 Å². The molecule has 1 atom stereocenters. The predicted octanol–water partition coefficient (Wildman–Crippen LogP) is 5.00. The number of rotatable bonds is 11. The standard InChI is InChI=1S/C24H33NO3/c1-5-16-27-23-12-8-7-10-20(23)11-9-15-25-24(26)22(6-2)28-21-14-13-18(3)19(4)17-21/h7-8,10,12-14,17,22H,5-6,9,11,15-16H2,1-4H3,(H,25,26)/t22-/m1/s1. The van der Waals surface area contributed by atoms with Gasteiger partial charge in [-0.15, -0.1) is 0 Å². The van der Waals surface area contributed by atoms with E-state index in [1.54, 1.807) is 0 Å². The molecule has 0 radical (unpaired) electrons. The molecule has 2 rings (SSSR count). The van der Waals surface area contributed by atoms with E-state index in [0.29, 0.717) is 13.0 Å². The molecule has 0 heterocycles. The zero-order valence-electron chi connectivity index (χ0n) is 17.6. The quantitative estimate of drug-likeness (QED) is 0.556. The van der Waals surface area contributed by atoms with Gasteiger partial charge in [-0.3, -0.25) is 4.79 Å². The second-order valence-corrected chi connectivity index (χ2v) is 7.11. The van der Waals surface area contributed by atoms with Crippen LogP contribution in [0.15, 0.2) is 42.5 Å². The number of hydrogen-bond donors (Lipinski definition) is 1. The van der Waals surface area contributed by atoms with Crippen LogP contribution in [0.1, 0.15) is 49.8 Å². The summed E-state index contributed by atoms with van der Waals surface area (Å²) >= 11 is 0. The van der Waals surface area contributed by atoms with Crippen LogP contribution in [-0.4, -0.2) is 25.2 Å². The summed E-state index contributed by atoms with van der Waals surface area (Å²) in [6, 6.07) is 14.0. The number of benzene rings is 2. The molecular weight excluding hydrogens is 350 g/mol. The van der Waals surface area contributed by atoms with Crippen LogP contribution in [0.2, 0.25) is 0 Å². The summed E-state index contributed by atoms with van der Waals surface area (Å²) in [4.78, 5) is 12.5. The van der Waals surface area contributed by atoms with Gasteiger partial charge in [0.05, 0.1) is 6.61 Å². The van der Waals surface area contributed by atoms with Crippen molar-refractivity contribution in [2.45, 2.75) is 59.5 Å². The van der Waals surface area contributed by atoms with Crippen molar-refractivity contribution < 1.29 is 14.3 Å². The third-order valence-corrected chi connectivity index (χ3v) is 4.78. The first-order valence-corrected chi connectivity index (χ1v) is 10.3. The lowest BCUT2D eigenvalue weighted by atomic mass is 10.1.